The molecule has 0 aliphatic carbocycles. The van der Waals surface area contributed by atoms with Crippen LogP contribution in [0.3, 0.4) is 0 Å². The number of thiophene rings is 1. The number of benzene rings is 2. The van der Waals surface area contributed by atoms with Crippen LogP contribution in [0, 0.1) is 0 Å². The summed E-state index contributed by atoms with van der Waals surface area (Å²) in [7, 11) is 1.31. The van der Waals surface area contributed by atoms with Crippen molar-refractivity contribution in [3.63, 3.8) is 0 Å². The number of amides is 2. The Morgan fingerprint density at radius 1 is 0.977 bits per heavy atom. The number of aromatic hydroxyl groups is 1. The lowest BCUT2D eigenvalue weighted by atomic mass is 9.95. The Labute approximate surface area is 260 Å². The molecule has 2 aromatic heterocycles. The second-order valence-corrected chi connectivity index (χ2v) is 13.0. The number of methoxy groups -OCH3 is 1. The molecule has 0 bridgehead atoms. The van der Waals surface area contributed by atoms with E-state index in [1.165, 1.54) is 23.3 Å². The molecule has 1 saturated heterocycles. The molecule has 0 radical (unpaired) electrons. The van der Waals surface area contributed by atoms with Crippen molar-refractivity contribution in [1.82, 2.24) is 20.2 Å². The van der Waals surface area contributed by atoms with Gasteiger partial charge in [0.05, 0.1) is 24.1 Å². The predicted molar refractivity (Wildman–Crippen MR) is 170 cm³/mol. The van der Waals surface area contributed by atoms with Crippen LogP contribution in [0.25, 0.3) is 22.5 Å². The summed E-state index contributed by atoms with van der Waals surface area (Å²) in [4.78, 5) is 51.4. The smallest absolute Gasteiger partial charge is 0.410 e. The predicted octanol–water partition coefficient (Wildman–Crippen LogP) is 6.54. The number of hydrogen-bond acceptors (Lipinski definition) is 8. The van der Waals surface area contributed by atoms with Crippen molar-refractivity contribution in [2.45, 2.75) is 57.5 Å². The van der Waals surface area contributed by atoms with Crippen LogP contribution in [0.2, 0.25) is 0 Å². The average Bonchev–Trinajstić information content (AvgIpc) is 3.72. The molecule has 1 aliphatic rings. The zero-order valence-electron chi connectivity index (χ0n) is 25.2. The van der Waals surface area contributed by atoms with Crippen molar-refractivity contribution in [2.24, 2.45) is 0 Å². The van der Waals surface area contributed by atoms with Crippen LogP contribution in [0.15, 0.2) is 73.1 Å². The molecule has 3 heterocycles. The third kappa shape index (κ3) is 6.97. The van der Waals surface area contributed by atoms with E-state index in [1.807, 2.05) is 36.4 Å². The van der Waals surface area contributed by atoms with Crippen molar-refractivity contribution in [3.05, 3.63) is 88.4 Å². The minimum Gasteiger partial charge on any atom is -0.508 e. The van der Waals surface area contributed by atoms with E-state index in [-0.39, 0.29) is 29.3 Å². The molecule has 5 rings (SSSR count). The van der Waals surface area contributed by atoms with Gasteiger partial charge in [-0.15, -0.1) is 11.3 Å². The third-order valence-corrected chi connectivity index (χ3v) is 9.25. The molecule has 9 nitrogen and oxygen atoms in total. The van der Waals surface area contributed by atoms with E-state index in [2.05, 4.69) is 36.1 Å². The number of ether oxygens (including phenoxy) is 1. The van der Waals surface area contributed by atoms with E-state index in [9.17, 15) is 19.5 Å². The molecule has 0 saturated carbocycles. The number of hydrogen-bond donors (Lipinski definition) is 2. The van der Waals surface area contributed by atoms with Crippen molar-refractivity contribution in [2.75, 3.05) is 13.7 Å². The lowest BCUT2D eigenvalue weighted by Gasteiger charge is -2.25. The number of aromatic nitrogens is 2. The summed E-state index contributed by atoms with van der Waals surface area (Å²) in [5.74, 6) is 0.342. The van der Waals surface area contributed by atoms with E-state index >= 15 is 0 Å². The maximum atomic E-state index is 13.5. The van der Waals surface area contributed by atoms with Gasteiger partial charge in [-0.25, -0.2) is 14.8 Å². The zero-order valence-corrected chi connectivity index (χ0v) is 26.1. The minimum atomic E-state index is -0.609. The Kier molecular flexibility index (Phi) is 9.10. The van der Waals surface area contributed by atoms with Crippen molar-refractivity contribution in [1.29, 1.82) is 0 Å². The van der Waals surface area contributed by atoms with Crippen LogP contribution >= 0.6 is 11.3 Å². The fraction of sp³-hybridized carbons (Fsp3) is 0.324. The Balaban J connectivity index is 1.37. The molecule has 2 amide bonds. The maximum Gasteiger partial charge on any atom is 0.410 e. The molecule has 1 fully saturated rings. The van der Waals surface area contributed by atoms with Gasteiger partial charge >= 0.3 is 6.09 Å². The molecule has 4 aromatic rings. The molecular weight excluding hydrogens is 576 g/mol. The molecule has 1 aliphatic heterocycles. The normalized spacial score (nSPS) is 15.5. The molecule has 2 aromatic carbocycles. The highest BCUT2D eigenvalue weighted by atomic mass is 32.1. The number of rotatable bonds is 8. The van der Waals surface area contributed by atoms with Gasteiger partial charge in [0.15, 0.2) is 11.6 Å². The number of phenols is 1. The highest BCUT2D eigenvalue weighted by Crippen LogP contribution is 2.31. The molecule has 2 atom stereocenters. The number of phenolic OH excluding ortho intramolecular Hbond substituents is 1. The molecule has 228 valence electrons. The summed E-state index contributed by atoms with van der Waals surface area (Å²) in [5, 5.41) is 12.6. The minimum absolute atomic E-state index is 0.0264. The van der Waals surface area contributed by atoms with Crippen LogP contribution in [0.4, 0.5) is 4.79 Å². The van der Waals surface area contributed by atoms with Gasteiger partial charge in [0, 0.05) is 41.4 Å². The van der Waals surface area contributed by atoms with Crippen molar-refractivity contribution < 1.29 is 24.2 Å². The molecule has 44 heavy (non-hydrogen) atoms. The van der Waals surface area contributed by atoms with E-state index in [1.54, 1.807) is 36.7 Å². The van der Waals surface area contributed by atoms with E-state index in [0.29, 0.717) is 30.1 Å². The van der Waals surface area contributed by atoms with Gasteiger partial charge in [0.1, 0.15) is 5.75 Å². The first-order valence-corrected chi connectivity index (χ1v) is 15.4. The van der Waals surface area contributed by atoms with Gasteiger partial charge in [0.2, 0.25) is 0 Å². The van der Waals surface area contributed by atoms with Gasteiger partial charge in [0.25, 0.3) is 5.91 Å². The Bertz CT molecular complexity index is 1630. The zero-order chi connectivity index (χ0) is 31.4. The number of carbonyl (C=O) groups is 3. The monoisotopic (exact) mass is 612 g/mol. The second kappa shape index (κ2) is 13.0. The van der Waals surface area contributed by atoms with Gasteiger partial charge < -0.3 is 15.2 Å². The van der Waals surface area contributed by atoms with E-state index in [0.717, 1.165) is 27.1 Å². The van der Waals surface area contributed by atoms with Crippen LogP contribution in [-0.2, 0) is 14.9 Å². The fourth-order valence-corrected chi connectivity index (χ4v) is 6.23. The SMILES string of the molecule is COC(=O)N1CCC[C@H]1C(=O)C[C@H](NC(=O)c1ccc(C(C)(C)C)s1)c1ccc(-c2ncc(-c3ccc(O)cc3)cn2)cc1. The molecule has 2 N–H and O–H groups in total. The number of carbonyl (C=O) groups excluding carboxylic acids is 3. The van der Waals surface area contributed by atoms with Crippen LogP contribution < -0.4 is 5.32 Å². The first-order valence-electron chi connectivity index (χ1n) is 14.5. The first kappa shape index (κ1) is 30.9. The van der Waals surface area contributed by atoms with Gasteiger partial charge in [-0.2, -0.15) is 0 Å². The molecular formula is C34H36N4O5S. The van der Waals surface area contributed by atoms with E-state index < -0.39 is 18.2 Å². The fourth-order valence-electron chi connectivity index (χ4n) is 5.26. The first-order chi connectivity index (χ1) is 21.0. The average molecular weight is 613 g/mol. The second-order valence-electron chi connectivity index (χ2n) is 11.9. The molecule has 0 spiro atoms. The summed E-state index contributed by atoms with van der Waals surface area (Å²) < 4.78 is 4.89. The van der Waals surface area contributed by atoms with Crippen LogP contribution in [0.5, 0.6) is 5.75 Å². The summed E-state index contributed by atoms with van der Waals surface area (Å²) >= 11 is 1.44. The van der Waals surface area contributed by atoms with Crippen molar-refractivity contribution in [3.8, 4) is 28.3 Å². The van der Waals surface area contributed by atoms with Crippen molar-refractivity contribution >= 4 is 29.1 Å². The van der Waals surface area contributed by atoms with Gasteiger partial charge in [-0.3, -0.25) is 14.5 Å². The largest absolute Gasteiger partial charge is 0.508 e. The summed E-state index contributed by atoms with van der Waals surface area (Å²) in [6.07, 6.45) is 4.24. The number of ketones is 1. The lowest BCUT2D eigenvalue weighted by Crippen LogP contribution is -2.42. The lowest BCUT2D eigenvalue weighted by molar-refractivity contribution is -0.123. The van der Waals surface area contributed by atoms with Gasteiger partial charge in [-0.1, -0.05) is 57.2 Å². The number of likely N-dealkylation sites (tertiary alicyclic amines) is 1. The highest BCUT2D eigenvalue weighted by molar-refractivity contribution is 7.14. The topological polar surface area (TPSA) is 122 Å². The third-order valence-electron chi connectivity index (χ3n) is 7.74. The van der Waals surface area contributed by atoms with Gasteiger partial charge in [-0.05, 0) is 53.6 Å². The van der Waals surface area contributed by atoms with Crippen LogP contribution in [-0.4, -0.2) is 57.5 Å². The highest BCUT2D eigenvalue weighted by Gasteiger charge is 2.36. The number of Topliss-reactive ketones (excluding diaryl/α,β-unsaturated/α-hetero) is 1. The van der Waals surface area contributed by atoms with Crippen LogP contribution in [0.1, 0.15) is 66.2 Å². The Morgan fingerprint density at radius 3 is 2.25 bits per heavy atom. The quantitative estimate of drug-likeness (QED) is 0.232. The molecule has 0 unspecified atom stereocenters. The summed E-state index contributed by atoms with van der Waals surface area (Å²) in [5.41, 5.74) is 3.16. The Morgan fingerprint density at radius 2 is 1.64 bits per heavy atom. The number of nitrogens with one attached hydrogen (secondary N) is 1. The number of nitrogens with zero attached hydrogens (tertiary/aromatic N) is 3. The maximum absolute atomic E-state index is 13.5. The summed E-state index contributed by atoms with van der Waals surface area (Å²) in [6, 6.07) is 16.9. The molecule has 10 heteroatoms. The standard InChI is InChI=1S/C34H36N4O5S/c1-34(2,3)30-16-15-29(44-30)32(41)37-26(18-28(40)27-6-5-17-38(27)33(42)43-4)22-7-9-23(10-8-22)31-35-19-24(20-36-31)21-11-13-25(39)14-12-21/h7-16,19-20,26-27,39H,5-6,17-18H2,1-4H3,(H,37,41)/t26-,27-/m0/s1. The summed E-state index contributed by atoms with van der Waals surface area (Å²) in [6.45, 7) is 6.76. The van der Waals surface area contributed by atoms with E-state index in [4.69, 9.17) is 4.74 Å². The Hall–Kier alpha value is -4.57.